The summed E-state index contributed by atoms with van der Waals surface area (Å²) in [6.45, 7) is 1.77. The molecule has 3 aromatic rings. The van der Waals surface area contributed by atoms with E-state index in [-0.39, 0.29) is 17.1 Å². The van der Waals surface area contributed by atoms with Crippen LogP contribution in [0.1, 0.15) is 23.0 Å². The molecule has 2 nitrogen and oxygen atoms in total. The second kappa shape index (κ2) is 4.72. The number of rotatable bonds is 2. The molecule has 1 N–H and O–H groups in total. The van der Waals surface area contributed by atoms with Crippen LogP contribution in [0.3, 0.4) is 0 Å². The molecule has 0 saturated heterocycles. The molecule has 102 valence electrons. The highest BCUT2D eigenvalue weighted by Gasteiger charge is 2.19. The van der Waals surface area contributed by atoms with Crippen molar-refractivity contribution < 1.29 is 18.3 Å². The van der Waals surface area contributed by atoms with Gasteiger partial charge in [-0.3, -0.25) is 0 Å². The van der Waals surface area contributed by atoms with Crippen LogP contribution in [0.25, 0.3) is 11.0 Å². The van der Waals surface area contributed by atoms with E-state index in [1.54, 1.807) is 13.0 Å². The predicted octanol–water partition coefficient (Wildman–Crippen LogP) is 4.10. The fourth-order valence-corrected chi connectivity index (χ4v) is 2.18. The summed E-state index contributed by atoms with van der Waals surface area (Å²) < 4.78 is 32.4. The number of aliphatic hydroxyl groups is 1. The lowest BCUT2D eigenvalue weighted by atomic mass is 10.0. The highest BCUT2D eigenvalue weighted by molar-refractivity contribution is 5.78. The lowest BCUT2D eigenvalue weighted by Gasteiger charge is -2.09. The molecular weight excluding hydrogens is 262 g/mol. The van der Waals surface area contributed by atoms with Crippen LogP contribution >= 0.6 is 0 Å². The number of hydrogen-bond acceptors (Lipinski definition) is 2. The van der Waals surface area contributed by atoms with Crippen molar-refractivity contribution in [3.05, 3.63) is 71.0 Å². The quantitative estimate of drug-likeness (QED) is 0.763. The highest BCUT2D eigenvalue weighted by Crippen LogP contribution is 2.30. The van der Waals surface area contributed by atoms with Crippen LogP contribution < -0.4 is 0 Å². The molecule has 0 bridgehead atoms. The van der Waals surface area contributed by atoms with Gasteiger partial charge in [-0.15, -0.1) is 0 Å². The van der Waals surface area contributed by atoms with E-state index in [1.807, 2.05) is 0 Å². The molecule has 0 fully saturated rings. The summed E-state index contributed by atoms with van der Waals surface area (Å²) in [5.74, 6) is -0.696. The first kappa shape index (κ1) is 12.8. The van der Waals surface area contributed by atoms with Gasteiger partial charge in [-0.05, 0) is 42.8 Å². The van der Waals surface area contributed by atoms with Crippen molar-refractivity contribution >= 4 is 11.0 Å². The number of furan rings is 1. The van der Waals surface area contributed by atoms with Crippen LogP contribution in [0.5, 0.6) is 0 Å². The van der Waals surface area contributed by atoms with Crippen molar-refractivity contribution in [2.24, 2.45) is 0 Å². The molecule has 3 rings (SSSR count). The normalized spacial score (nSPS) is 12.8. The minimum absolute atomic E-state index is 0.134. The summed E-state index contributed by atoms with van der Waals surface area (Å²) in [4.78, 5) is 0. The third kappa shape index (κ3) is 2.18. The topological polar surface area (TPSA) is 33.4 Å². The van der Waals surface area contributed by atoms with Gasteiger partial charge < -0.3 is 9.52 Å². The largest absolute Gasteiger partial charge is 0.458 e. The number of benzene rings is 2. The Morgan fingerprint density at radius 2 is 1.85 bits per heavy atom. The van der Waals surface area contributed by atoms with E-state index >= 15 is 0 Å². The molecule has 0 radical (unpaired) electrons. The van der Waals surface area contributed by atoms with Crippen LogP contribution in [-0.2, 0) is 0 Å². The van der Waals surface area contributed by atoms with Gasteiger partial charge in [-0.25, -0.2) is 8.78 Å². The van der Waals surface area contributed by atoms with Gasteiger partial charge in [0.1, 0.15) is 29.1 Å². The van der Waals surface area contributed by atoms with Gasteiger partial charge in [0.25, 0.3) is 0 Å². The Morgan fingerprint density at radius 3 is 2.60 bits per heavy atom. The molecule has 1 atom stereocenters. The Hall–Kier alpha value is -2.20. The minimum Gasteiger partial charge on any atom is -0.458 e. The standard InChI is InChI=1S/C16H12F2O2/c1-9-2-4-12(13(18)6-9)16(19)15-8-10-7-11(17)3-5-14(10)20-15/h2-8,16,19H,1H3. The van der Waals surface area contributed by atoms with E-state index in [4.69, 9.17) is 4.42 Å². The number of fused-ring (bicyclic) bond motifs is 1. The molecule has 2 aromatic carbocycles. The van der Waals surface area contributed by atoms with E-state index in [2.05, 4.69) is 0 Å². The van der Waals surface area contributed by atoms with Gasteiger partial charge in [-0.1, -0.05) is 12.1 Å². The third-order valence-corrected chi connectivity index (χ3v) is 3.22. The van der Waals surface area contributed by atoms with E-state index in [0.29, 0.717) is 11.0 Å². The molecule has 0 saturated carbocycles. The van der Waals surface area contributed by atoms with Gasteiger partial charge in [0, 0.05) is 10.9 Å². The molecule has 4 heteroatoms. The van der Waals surface area contributed by atoms with Crippen molar-refractivity contribution in [3.63, 3.8) is 0 Å². The van der Waals surface area contributed by atoms with E-state index in [1.165, 1.54) is 36.4 Å². The number of hydrogen-bond donors (Lipinski definition) is 1. The Kier molecular flexibility index (Phi) is 3.03. The second-order valence-corrected chi connectivity index (χ2v) is 4.76. The summed E-state index contributed by atoms with van der Waals surface area (Å²) in [5.41, 5.74) is 1.35. The first-order valence-electron chi connectivity index (χ1n) is 6.18. The maximum absolute atomic E-state index is 13.8. The molecule has 0 aliphatic heterocycles. The average Bonchev–Trinajstić information content (AvgIpc) is 2.81. The number of aryl methyl sites for hydroxylation is 1. The van der Waals surface area contributed by atoms with Gasteiger partial charge in [0.2, 0.25) is 0 Å². The lowest BCUT2D eigenvalue weighted by molar-refractivity contribution is 0.187. The maximum Gasteiger partial charge on any atom is 0.139 e. The highest BCUT2D eigenvalue weighted by atomic mass is 19.1. The van der Waals surface area contributed by atoms with Crippen molar-refractivity contribution in [3.8, 4) is 0 Å². The van der Waals surface area contributed by atoms with Crippen molar-refractivity contribution in [1.82, 2.24) is 0 Å². The minimum atomic E-state index is -1.22. The van der Waals surface area contributed by atoms with Crippen LogP contribution in [0.2, 0.25) is 0 Å². The van der Waals surface area contributed by atoms with Gasteiger partial charge in [0.05, 0.1) is 0 Å². The fraction of sp³-hybridized carbons (Fsp3) is 0.125. The van der Waals surface area contributed by atoms with Crippen molar-refractivity contribution in [2.75, 3.05) is 0 Å². The lowest BCUT2D eigenvalue weighted by Crippen LogP contribution is -2.01. The molecular formula is C16H12F2O2. The summed E-state index contributed by atoms with van der Waals surface area (Å²) >= 11 is 0. The first-order valence-corrected chi connectivity index (χ1v) is 6.18. The summed E-state index contributed by atoms with van der Waals surface area (Å²) in [6, 6.07) is 10.2. The summed E-state index contributed by atoms with van der Waals surface area (Å²) in [6.07, 6.45) is -1.22. The smallest absolute Gasteiger partial charge is 0.139 e. The molecule has 0 aliphatic carbocycles. The Balaban J connectivity index is 2.05. The van der Waals surface area contributed by atoms with Gasteiger partial charge in [-0.2, -0.15) is 0 Å². The third-order valence-electron chi connectivity index (χ3n) is 3.22. The van der Waals surface area contributed by atoms with Crippen molar-refractivity contribution in [1.29, 1.82) is 0 Å². The van der Waals surface area contributed by atoms with E-state index in [9.17, 15) is 13.9 Å². The fourth-order valence-electron chi connectivity index (χ4n) is 2.18. The predicted molar refractivity (Wildman–Crippen MR) is 71.4 cm³/mol. The van der Waals surface area contributed by atoms with Gasteiger partial charge >= 0.3 is 0 Å². The first-order chi connectivity index (χ1) is 9.54. The van der Waals surface area contributed by atoms with Crippen LogP contribution in [0, 0.1) is 18.6 Å². The molecule has 1 aromatic heterocycles. The zero-order chi connectivity index (χ0) is 14.3. The zero-order valence-electron chi connectivity index (χ0n) is 10.7. The summed E-state index contributed by atoms with van der Waals surface area (Å²) in [7, 11) is 0. The molecule has 1 heterocycles. The number of halogens is 2. The Morgan fingerprint density at radius 1 is 1.05 bits per heavy atom. The van der Waals surface area contributed by atoms with Crippen LogP contribution in [-0.4, -0.2) is 5.11 Å². The van der Waals surface area contributed by atoms with E-state index in [0.717, 1.165) is 5.56 Å². The second-order valence-electron chi connectivity index (χ2n) is 4.76. The molecule has 0 amide bonds. The average molecular weight is 274 g/mol. The van der Waals surface area contributed by atoms with E-state index < -0.39 is 11.9 Å². The van der Waals surface area contributed by atoms with Crippen molar-refractivity contribution in [2.45, 2.75) is 13.0 Å². The molecule has 1 unspecified atom stereocenters. The number of aliphatic hydroxyl groups excluding tert-OH is 1. The molecule has 20 heavy (non-hydrogen) atoms. The molecule has 0 spiro atoms. The Labute approximate surface area is 114 Å². The SMILES string of the molecule is Cc1ccc(C(O)c2cc3cc(F)ccc3o2)c(F)c1. The van der Waals surface area contributed by atoms with Crippen LogP contribution in [0.4, 0.5) is 8.78 Å². The Bertz CT molecular complexity index is 777. The summed E-state index contributed by atoms with van der Waals surface area (Å²) in [5, 5.41) is 10.7. The van der Waals surface area contributed by atoms with Crippen LogP contribution in [0.15, 0.2) is 46.9 Å². The zero-order valence-corrected chi connectivity index (χ0v) is 10.7. The molecule has 0 aliphatic rings. The van der Waals surface area contributed by atoms with Gasteiger partial charge in [0.15, 0.2) is 0 Å². The maximum atomic E-state index is 13.8. The monoisotopic (exact) mass is 274 g/mol.